The third-order valence-corrected chi connectivity index (χ3v) is 1.88. The normalized spacial score (nSPS) is 11.1. The van der Waals surface area contributed by atoms with Gasteiger partial charge in [0.25, 0.3) is 0 Å². The Balaban J connectivity index is 3.04. The molecule has 88 valence electrons. The molecule has 1 aromatic rings. The summed E-state index contributed by atoms with van der Waals surface area (Å²) in [6.45, 7) is 5.30. The Morgan fingerprint density at radius 1 is 1.38 bits per heavy atom. The quantitative estimate of drug-likeness (QED) is 0.786. The lowest BCUT2D eigenvalue weighted by Gasteiger charge is -2.20. The van der Waals surface area contributed by atoms with Crippen molar-refractivity contribution in [2.75, 3.05) is 12.4 Å². The molecule has 1 aromatic carbocycles. The predicted molar refractivity (Wildman–Crippen MR) is 61.1 cm³/mol. The first-order chi connectivity index (χ1) is 7.35. The highest BCUT2D eigenvalue weighted by Gasteiger charge is 2.21. The van der Waals surface area contributed by atoms with Crippen LogP contribution in [0.2, 0.25) is 0 Å². The van der Waals surface area contributed by atoms with E-state index in [0.29, 0.717) is 0 Å². The topological polar surface area (TPSA) is 38.3 Å². The van der Waals surface area contributed by atoms with E-state index in [9.17, 15) is 9.18 Å². The molecule has 0 aliphatic heterocycles. The number of benzene rings is 1. The van der Waals surface area contributed by atoms with Crippen molar-refractivity contribution in [1.29, 1.82) is 0 Å². The van der Waals surface area contributed by atoms with E-state index in [-0.39, 0.29) is 11.3 Å². The van der Waals surface area contributed by atoms with Gasteiger partial charge >= 0.3 is 5.97 Å². The fraction of sp³-hybridized carbons (Fsp3) is 0.417. The zero-order valence-corrected chi connectivity index (χ0v) is 9.93. The molecule has 0 radical (unpaired) electrons. The second-order valence-corrected chi connectivity index (χ2v) is 4.41. The maximum absolute atomic E-state index is 13.4. The average molecular weight is 225 g/mol. The minimum absolute atomic E-state index is 0.164. The van der Waals surface area contributed by atoms with Gasteiger partial charge in [0.15, 0.2) is 0 Å². The van der Waals surface area contributed by atoms with Gasteiger partial charge in [0.05, 0.1) is 11.3 Å². The summed E-state index contributed by atoms with van der Waals surface area (Å²) in [5, 5.41) is 2.65. The van der Waals surface area contributed by atoms with Crippen molar-refractivity contribution in [3.63, 3.8) is 0 Å². The lowest BCUT2D eigenvalue weighted by Crippen LogP contribution is -2.24. The number of halogens is 1. The molecule has 0 amide bonds. The number of hydrogen-bond acceptors (Lipinski definition) is 3. The van der Waals surface area contributed by atoms with Crippen LogP contribution in [0, 0.1) is 5.82 Å². The van der Waals surface area contributed by atoms with E-state index in [1.807, 2.05) is 0 Å². The van der Waals surface area contributed by atoms with Gasteiger partial charge in [0.1, 0.15) is 11.4 Å². The van der Waals surface area contributed by atoms with E-state index in [4.69, 9.17) is 4.74 Å². The molecule has 3 nitrogen and oxygen atoms in total. The third kappa shape index (κ3) is 2.95. The van der Waals surface area contributed by atoms with Gasteiger partial charge in [-0.05, 0) is 32.9 Å². The molecular weight excluding hydrogens is 209 g/mol. The van der Waals surface area contributed by atoms with Gasteiger partial charge in [-0.15, -0.1) is 0 Å². The molecule has 0 saturated heterocycles. The number of carbonyl (C=O) groups is 1. The Morgan fingerprint density at radius 2 is 2.00 bits per heavy atom. The highest BCUT2D eigenvalue weighted by Crippen LogP contribution is 2.22. The number of hydrogen-bond donors (Lipinski definition) is 1. The average Bonchev–Trinajstić information content (AvgIpc) is 2.14. The van der Waals surface area contributed by atoms with Crippen LogP contribution in [-0.4, -0.2) is 18.6 Å². The molecule has 0 spiro atoms. The molecule has 0 bridgehead atoms. The summed E-state index contributed by atoms with van der Waals surface area (Å²) in [4.78, 5) is 11.8. The van der Waals surface area contributed by atoms with Crippen LogP contribution < -0.4 is 5.32 Å². The van der Waals surface area contributed by atoms with Crippen LogP contribution in [-0.2, 0) is 4.74 Å². The lowest BCUT2D eigenvalue weighted by molar-refractivity contribution is 0.00703. The number of esters is 1. The van der Waals surface area contributed by atoms with Crippen LogP contribution in [0.5, 0.6) is 0 Å². The van der Waals surface area contributed by atoms with Crippen molar-refractivity contribution < 1.29 is 13.9 Å². The minimum atomic E-state index is -0.589. The number of para-hydroxylation sites is 1. The summed E-state index contributed by atoms with van der Waals surface area (Å²) in [6.07, 6.45) is 0. The minimum Gasteiger partial charge on any atom is -0.456 e. The fourth-order valence-electron chi connectivity index (χ4n) is 1.28. The highest BCUT2D eigenvalue weighted by atomic mass is 19.1. The van der Waals surface area contributed by atoms with Gasteiger partial charge in [0.2, 0.25) is 0 Å². The van der Waals surface area contributed by atoms with Crippen molar-refractivity contribution in [2.45, 2.75) is 26.4 Å². The molecule has 0 atom stereocenters. The number of rotatable bonds is 2. The standard InChI is InChI=1S/C12H16FNO2/c1-12(2,3)16-11(15)8-6-5-7-9(13)10(8)14-4/h5-7,14H,1-4H3. The van der Waals surface area contributed by atoms with Crippen molar-refractivity contribution in [2.24, 2.45) is 0 Å². The van der Waals surface area contributed by atoms with E-state index in [1.54, 1.807) is 27.8 Å². The molecule has 1 rings (SSSR count). The highest BCUT2D eigenvalue weighted by molar-refractivity contribution is 5.95. The maximum atomic E-state index is 13.4. The first kappa shape index (κ1) is 12.5. The van der Waals surface area contributed by atoms with E-state index < -0.39 is 17.4 Å². The molecule has 0 aliphatic rings. The Bertz CT molecular complexity index is 396. The summed E-state index contributed by atoms with van der Waals surface area (Å²) in [6, 6.07) is 4.30. The summed E-state index contributed by atoms with van der Waals surface area (Å²) >= 11 is 0. The van der Waals surface area contributed by atoms with Crippen LogP contribution in [0.25, 0.3) is 0 Å². The van der Waals surface area contributed by atoms with Gasteiger partial charge in [-0.25, -0.2) is 9.18 Å². The van der Waals surface area contributed by atoms with Crippen molar-refractivity contribution in [1.82, 2.24) is 0 Å². The number of anilines is 1. The Kier molecular flexibility index (Phi) is 3.52. The molecule has 0 aromatic heterocycles. The summed E-state index contributed by atoms with van der Waals surface area (Å²) in [5.41, 5.74) is -0.219. The number of ether oxygens (including phenoxy) is 1. The van der Waals surface area contributed by atoms with Crippen molar-refractivity contribution in [3.05, 3.63) is 29.6 Å². The van der Waals surface area contributed by atoms with Crippen LogP contribution >= 0.6 is 0 Å². The van der Waals surface area contributed by atoms with Gasteiger partial charge in [-0.1, -0.05) is 6.07 Å². The monoisotopic (exact) mass is 225 g/mol. The maximum Gasteiger partial charge on any atom is 0.340 e. The van der Waals surface area contributed by atoms with Crippen LogP contribution in [0.4, 0.5) is 10.1 Å². The molecular formula is C12H16FNO2. The predicted octanol–water partition coefficient (Wildman–Crippen LogP) is 2.82. The molecule has 0 unspecified atom stereocenters. The molecule has 4 heteroatoms. The first-order valence-electron chi connectivity index (χ1n) is 5.05. The summed E-state index contributed by atoms with van der Waals surface area (Å²) < 4.78 is 18.5. The zero-order valence-electron chi connectivity index (χ0n) is 9.93. The molecule has 0 aliphatic carbocycles. The Labute approximate surface area is 94.6 Å². The third-order valence-electron chi connectivity index (χ3n) is 1.88. The van der Waals surface area contributed by atoms with Crippen LogP contribution in [0.15, 0.2) is 18.2 Å². The van der Waals surface area contributed by atoms with Crippen LogP contribution in [0.1, 0.15) is 31.1 Å². The summed E-state index contributed by atoms with van der Waals surface area (Å²) in [5.74, 6) is -0.998. The fourth-order valence-corrected chi connectivity index (χ4v) is 1.28. The number of carbonyl (C=O) groups excluding carboxylic acids is 1. The Hall–Kier alpha value is -1.58. The molecule has 0 heterocycles. The number of nitrogens with one attached hydrogen (secondary N) is 1. The second-order valence-electron chi connectivity index (χ2n) is 4.41. The largest absolute Gasteiger partial charge is 0.456 e. The lowest BCUT2D eigenvalue weighted by atomic mass is 10.1. The van der Waals surface area contributed by atoms with E-state index in [1.165, 1.54) is 18.2 Å². The molecule has 0 saturated carbocycles. The van der Waals surface area contributed by atoms with E-state index >= 15 is 0 Å². The van der Waals surface area contributed by atoms with Gasteiger partial charge in [0, 0.05) is 7.05 Å². The molecule has 1 N–H and O–H groups in total. The molecule has 0 fully saturated rings. The first-order valence-corrected chi connectivity index (χ1v) is 5.05. The van der Waals surface area contributed by atoms with Crippen LogP contribution in [0.3, 0.4) is 0 Å². The molecule has 16 heavy (non-hydrogen) atoms. The van der Waals surface area contributed by atoms with Gasteiger partial charge in [-0.2, -0.15) is 0 Å². The van der Waals surface area contributed by atoms with E-state index in [0.717, 1.165) is 0 Å². The van der Waals surface area contributed by atoms with Crippen molar-refractivity contribution >= 4 is 11.7 Å². The van der Waals surface area contributed by atoms with E-state index in [2.05, 4.69) is 5.32 Å². The van der Waals surface area contributed by atoms with Gasteiger partial charge < -0.3 is 10.1 Å². The van der Waals surface area contributed by atoms with Gasteiger partial charge in [-0.3, -0.25) is 0 Å². The SMILES string of the molecule is CNc1c(F)cccc1C(=O)OC(C)(C)C. The Morgan fingerprint density at radius 3 is 2.50 bits per heavy atom. The summed E-state index contributed by atoms with van der Waals surface area (Å²) in [7, 11) is 1.56. The second kappa shape index (κ2) is 4.51. The smallest absolute Gasteiger partial charge is 0.340 e. The van der Waals surface area contributed by atoms with Crippen molar-refractivity contribution in [3.8, 4) is 0 Å². The zero-order chi connectivity index (χ0) is 12.3.